The molecule has 1 saturated heterocycles. The zero-order valence-corrected chi connectivity index (χ0v) is 12.1. The van der Waals surface area contributed by atoms with Crippen LogP contribution in [0.4, 0.5) is 14.5 Å². The predicted octanol–water partition coefficient (Wildman–Crippen LogP) is 2.63. The van der Waals surface area contributed by atoms with Gasteiger partial charge >= 0.3 is 6.61 Å². The third kappa shape index (κ3) is 4.68. The van der Waals surface area contributed by atoms with E-state index in [4.69, 9.17) is 0 Å². The molecule has 1 aliphatic rings. The number of nitrogens with one attached hydrogen (secondary N) is 1. The molecule has 1 heterocycles. The third-order valence-electron chi connectivity index (χ3n) is 3.38. The van der Waals surface area contributed by atoms with E-state index in [2.05, 4.69) is 10.1 Å². The molecule has 1 N–H and O–H groups in total. The fourth-order valence-corrected chi connectivity index (χ4v) is 2.34. The molecular formula is C15H18F2N2O3. The molecule has 22 heavy (non-hydrogen) atoms. The number of nitrogens with zero attached hydrogens (tertiary/aromatic N) is 1. The number of anilines is 1. The summed E-state index contributed by atoms with van der Waals surface area (Å²) in [5, 5.41) is 2.51. The van der Waals surface area contributed by atoms with E-state index in [9.17, 15) is 18.4 Å². The van der Waals surface area contributed by atoms with Gasteiger partial charge in [-0.25, -0.2) is 0 Å². The van der Waals surface area contributed by atoms with Gasteiger partial charge in [0.2, 0.25) is 11.8 Å². The van der Waals surface area contributed by atoms with E-state index in [0.29, 0.717) is 13.0 Å². The van der Waals surface area contributed by atoms with Crippen molar-refractivity contribution in [2.24, 2.45) is 0 Å². The summed E-state index contributed by atoms with van der Waals surface area (Å²) >= 11 is 0. The second-order valence-corrected chi connectivity index (χ2v) is 5.05. The van der Waals surface area contributed by atoms with Crippen molar-refractivity contribution in [2.75, 3.05) is 18.4 Å². The molecule has 120 valence electrons. The number of amides is 2. The standard InChI is InChI=1S/C15H18F2N2O3/c16-15(17)22-12-7-4-3-6-11(12)18-13(20)10-19-9-5-1-2-8-14(19)21/h3-4,6-7,15H,1-2,5,8-10H2,(H,18,20). The summed E-state index contributed by atoms with van der Waals surface area (Å²) in [5.41, 5.74) is 0.162. The summed E-state index contributed by atoms with van der Waals surface area (Å²) in [7, 11) is 0. The number of benzene rings is 1. The van der Waals surface area contributed by atoms with Crippen molar-refractivity contribution in [2.45, 2.75) is 32.3 Å². The number of carbonyl (C=O) groups is 2. The van der Waals surface area contributed by atoms with Gasteiger partial charge in [0.1, 0.15) is 5.75 Å². The lowest BCUT2D eigenvalue weighted by Crippen LogP contribution is -2.37. The molecule has 0 bridgehead atoms. The molecule has 5 nitrogen and oxygen atoms in total. The maximum atomic E-state index is 12.3. The van der Waals surface area contributed by atoms with E-state index < -0.39 is 12.5 Å². The van der Waals surface area contributed by atoms with Crippen LogP contribution in [0.2, 0.25) is 0 Å². The SMILES string of the molecule is O=C(CN1CCCCCC1=O)Nc1ccccc1OC(F)F. The van der Waals surface area contributed by atoms with E-state index in [-0.39, 0.29) is 23.9 Å². The Bertz CT molecular complexity index is 537. The van der Waals surface area contributed by atoms with E-state index in [1.165, 1.54) is 23.1 Å². The first-order valence-electron chi connectivity index (χ1n) is 7.18. The average molecular weight is 312 g/mol. The largest absolute Gasteiger partial charge is 0.433 e. The van der Waals surface area contributed by atoms with Gasteiger partial charge < -0.3 is 15.0 Å². The fourth-order valence-electron chi connectivity index (χ4n) is 2.34. The van der Waals surface area contributed by atoms with Crippen LogP contribution in [0.5, 0.6) is 5.75 Å². The Balaban J connectivity index is 1.98. The van der Waals surface area contributed by atoms with Crippen molar-refractivity contribution in [3.05, 3.63) is 24.3 Å². The van der Waals surface area contributed by atoms with Crippen LogP contribution in [-0.4, -0.2) is 36.4 Å². The number of para-hydroxylation sites is 2. The average Bonchev–Trinajstić information content (AvgIpc) is 2.66. The van der Waals surface area contributed by atoms with Gasteiger partial charge in [0, 0.05) is 13.0 Å². The summed E-state index contributed by atoms with van der Waals surface area (Å²) in [6.45, 7) is -2.51. The monoisotopic (exact) mass is 312 g/mol. The van der Waals surface area contributed by atoms with Crippen LogP contribution in [0.1, 0.15) is 25.7 Å². The maximum Gasteiger partial charge on any atom is 0.387 e. The van der Waals surface area contributed by atoms with Crippen molar-refractivity contribution >= 4 is 17.5 Å². The highest BCUT2D eigenvalue weighted by Gasteiger charge is 2.20. The highest BCUT2D eigenvalue weighted by atomic mass is 19.3. The number of hydrogen-bond acceptors (Lipinski definition) is 3. The van der Waals surface area contributed by atoms with Crippen molar-refractivity contribution in [1.29, 1.82) is 0 Å². The molecule has 1 aliphatic heterocycles. The number of carbonyl (C=O) groups excluding carboxylic acids is 2. The van der Waals surface area contributed by atoms with Gasteiger partial charge in [-0.3, -0.25) is 9.59 Å². The van der Waals surface area contributed by atoms with E-state index in [0.717, 1.165) is 19.3 Å². The molecule has 0 atom stereocenters. The van der Waals surface area contributed by atoms with Crippen molar-refractivity contribution < 1.29 is 23.1 Å². The zero-order valence-electron chi connectivity index (χ0n) is 12.1. The molecule has 0 saturated carbocycles. The van der Waals surface area contributed by atoms with Gasteiger partial charge in [-0.2, -0.15) is 8.78 Å². The van der Waals surface area contributed by atoms with Crippen LogP contribution in [0.3, 0.4) is 0 Å². The second-order valence-electron chi connectivity index (χ2n) is 5.05. The highest BCUT2D eigenvalue weighted by molar-refractivity contribution is 5.95. The maximum absolute atomic E-state index is 12.3. The first kappa shape index (κ1) is 16.2. The number of likely N-dealkylation sites (tertiary alicyclic amines) is 1. The Morgan fingerprint density at radius 2 is 2.05 bits per heavy atom. The van der Waals surface area contributed by atoms with Crippen molar-refractivity contribution in [1.82, 2.24) is 4.90 Å². The van der Waals surface area contributed by atoms with Crippen LogP contribution >= 0.6 is 0 Å². The predicted molar refractivity (Wildman–Crippen MR) is 76.8 cm³/mol. The Hall–Kier alpha value is -2.18. The number of alkyl halides is 2. The second kappa shape index (κ2) is 7.72. The molecule has 0 spiro atoms. The number of ether oxygens (including phenoxy) is 1. The van der Waals surface area contributed by atoms with Gasteiger partial charge in [-0.1, -0.05) is 18.6 Å². The van der Waals surface area contributed by atoms with Crippen LogP contribution in [0, 0.1) is 0 Å². The first-order chi connectivity index (χ1) is 10.6. The Kier molecular flexibility index (Phi) is 5.68. The lowest BCUT2D eigenvalue weighted by atomic mass is 10.2. The quantitative estimate of drug-likeness (QED) is 0.909. The molecule has 2 rings (SSSR count). The summed E-state index contributed by atoms with van der Waals surface area (Å²) in [6.07, 6.45) is 3.11. The molecule has 1 aromatic carbocycles. The zero-order chi connectivity index (χ0) is 15.9. The van der Waals surface area contributed by atoms with Gasteiger partial charge in [0.05, 0.1) is 12.2 Å². The molecule has 0 radical (unpaired) electrons. The van der Waals surface area contributed by atoms with Gasteiger partial charge in [0.25, 0.3) is 0 Å². The third-order valence-corrected chi connectivity index (χ3v) is 3.38. The highest BCUT2D eigenvalue weighted by Crippen LogP contribution is 2.25. The molecule has 0 aromatic heterocycles. The smallest absolute Gasteiger partial charge is 0.387 e. The number of rotatable bonds is 5. The van der Waals surface area contributed by atoms with E-state index in [1.807, 2.05) is 0 Å². The van der Waals surface area contributed by atoms with Crippen LogP contribution in [-0.2, 0) is 9.59 Å². The molecule has 2 amide bonds. The molecule has 1 fully saturated rings. The lowest BCUT2D eigenvalue weighted by Gasteiger charge is -2.20. The van der Waals surface area contributed by atoms with Gasteiger partial charge in [-0.05, 0) is 25.0 Å². The van der Waals surface area contributed by atoms with Crippen molar-refractivity contribution in [3.63, 3.8) is 0 Å². The van der Waals surface area contributed by atoms with Crippen LogP contribution in [0.15, 0.2) is 24.3 Å². The summed E-state index contributed by atoms with van der Waals surface area (Å²) < 4.78 is 29.0. The molecule has 0 unspecified atom stereocenters. The topological polar surface area (TPSA) is 58.6 Å². The minimum atomic E-state index is -2.97. The Morgan fingerprint density at radius 1 is 1.27 bits per heavy atom. The van der Waals surface area contributed by atoms with Crippen LogP contribution < -0.4 is 10.1 Å². The first-order valence-corrected chi connectivity index (χ1v) is 7.18. The number of halogens is 2. The minimum absolute atomic E-state index is 0.0511. The van der Waals surface area contributed by atoms with Gasteiger partial charge in [0.15, 0.2) is 0 Å². The van der Waals surface area contributed by atoms with Crippen LogP contribution in [0.25, 0.3) is 0 Å². The fraction of sp³-hybridized carbons (Fsp3) is 0.467. The normalized spacial score (nSPS) is 15.6. The summed E-state index contributed by atoms with van der Waals surface area (Å²) in [5.74, 6) is -0.585. The molecule has 0 aliphatic carbocycles. The minimum Gasteiger partial charge on any atom is -0.433 e. The Labute approximate surface area is 127 Å². The molecule has 1 aromatic rings. The van der Waals surface area contributed by atoms with Gasteiger partial charge in [-0.15, -0.1) is 0 Å². The number of hydrogen-bond donors (Lipinski definition) is 1. The molecular weight excluding hydrogens is 294 g/mol. The summed E-state index contributed by atoms with van der Waals surface area (Å²) in [4.78, 5) is 25.4. The Morgan fingerprint density at radius 3 is 2.82 bits per heavy atom. The lowest BCUT2D eigenvalue weighted by molar-refractivity contribution is -0.134. The summed E-state index contributed by atoms with van der Waals surface area (Å²) in [6, 6.07) is 5.95. The van der Waals surface area contributed by atoms with Crippen molar-refractivity contribution in [3.8, 4) is 5.75 Å². The molecule has 7 heteroatoms. The van der Waals surface area contributed by atoms with E-state index >= 15 is 0 Å². The van der Waals surface area contributed by atoms with E-state index in [1.54, 1.807) is 6.07 Å².